The Morgan fingerprint density at radius 1 is 0.968 bits per heavy atom. The number of esters is 1. The van der Waals surface area contributed by atoms with E-state index in [2.05, 4.69) is 4.90 Å². The number of nitrogens with zero attached hydrogens (tertiary/aromatic N) is 3. The van der Waals surface area contributed by atoms with Crippen molar-refractivity contribution in [2.45, 2.75) is 51.1 Å². The predicted octanol–water partition coefficient (Wildman–Crippen LogP) is 1.84. The van der Waals surface area contributed by atoms with Crippen molar-refractivity contribution < 1.29 is 19.1 Å². The molecule has 1 atom stereocenters. The molecule has 2 fully saturated rings. The minimum absolute atomic E-state index is 0.0503. The molecule has 168 valence electrons. The van der Waals surface area contributed by atoms with E-state index in [1.165, 1.54) is 13.5 Å². The summed E-state index contributed by atoms with van der Waals surface area (Å²) in [5, 5.41) is 0. The number of rotatable bonds is 4. The minimum Gasteiger partial charge on any atom is -0.467 e. The van der Waals surface area contributed by atoms with Crippen molar-refractivity contribution in [3.8, 4) is 0 Å². The summed E-state index contributed by atoms with van der Waals surface area (Å²) >= 11 is 0. The highest BCUT2D eigenvalue weighted by molar-refractivity contribution is 5.86. The molecule has 0 bridgehead atoms. The smallest absolute Gasteiger partial charge is 0.328 e. The van der Waals surface area contributed by atoms with Crippen molar-refractivity contribution in [3.63, 3.8) is 0 Å². The molecule has 1 aromatic carbocycles. The maximum atomic E-state index is 13.2. The van der Waals surface area contributed by atoms with Crippen LogP contribution in [0.1, 0.15) is 43.2 Å². The van der Waals surface area contributed by atoms with Gasteiger partial charge in [-0.1, -0.05) is 24.3 Å². The Hall–Kier alpha value is -2.41. The SMILES string of the molecule is COC(=O)C1Cc2ccccc2CN1C(=O)CN1CCC(C(=O)N2CCCCC2)CC1. The van der Waals surface area contributed by atoms with E-state index >= 15 is 0 Å². The maximum Gasteiger partial charge on any atom is 0.328 e. The zero-order valence-electron chi connectivity index (χ0n) is 18.4. The van der Waals surface area contributed by atoms with Crippen molar-refractivity contribution in [2.75, 3.05) is 39.8 Å². The Balaban J connectivity index is 1.34. The molecule has 2 saturated heterocycles. The van der Waals surface area contributed by atoms with Crippen molar-refractivity contribution >= 4 is 17.8 Å². The topological polar surface area (TPSA) is 70.2 Å². The summed E-state index contributed by atoms with van der Waals surface area (Å²) in [6.45, 7) is 3.97. The molecule has 0 saturated carbocycles. The van der Waals surface area contributed by atoms with Crippen LogP contribution < -0.4 is 0 Å². The number of benzene rings is 1. The molecule has 0 spiro atoms. The number of hydrogen-bond donors (Lipinski definition) is 0. The molecule has 1 unspecified atom stereocenters. The van der Waals surface area contributed by atoms with Crippen LogP contribution >= 0.6 is 0 Å². The largest absolute Gasteiger partial charge is 0.467 e. The predicted molar refractivity (Wildman–Crippen MR) is 116 cm³/mol. The Kier molecular flexibility index (Phi) is 6.90. The number of fused-ring (bicyclic) bond motifs is 1. The Morgan fingerprint density at radius 3 is 2.32 bits per heavy atom. The van der Waals surface area contributed by atoms with Crippen LogP contribution in [0.15, 0.2) is 24.3 Å². The highest BCUT2D eigenvalue weighted by atomic mass is 16.5. The third-order valence-electron chi connectivity index (χ3n) is 7.01. The Labute approximate surface area is 184 Å². The summed E-state index contributed by atoms with van der Waals surface area (Å²) in [4.78, 5) is 44.1. The number of likely N-dealkylation sites (tertiary alicyclic amines) is 2. The number of ether oxygens (including phenoxy) is 1. The first-order valence-electron chi connectivity index (χ1n) is 11.5. The molecule has 3 aliphatic heterocycles. The van der Waals surface area contributed by atoms with E-state index < -0.39 is 6.04 Å². The number of hydrogen-bond acceptors (Lipinski definition) is 5. The van der Waals surface area contributed by atoms with Gasteiger partial charge in [-0.05, 0) is 56.3 Å². The lowest BCUT2D eigenvalue weighted by atomic mass is 9.93. The normalized spacial score (nSPS) is 22.7. The summed E-state index contributed by atoms with van der Waals surface area (Å²) < 4.78 is 4.98. The van der Waals surface area contributed by atoms with E-state index in [1.807, 2.05) is 29.2 Å². The number of carbonyl (C=O) groups excluding carboxylic acids is 3. The Bertz CT molecular complexity index is 813. The number of methoxy groups -OCH3 is 1. The fraction of sp³-hybridized carbons (Fsp3) is 0.625. The molecule has 0 radical (unpaired) electrons. The van der Waals surface area contributed by atoms with E-state index in [1.54, 1.807) is 4.90 Å². The zero-order chi connectivity index (χ0) is 21.8. The molecule has 31 heavy (non-hydrogen) atoms. The van der Waals surface area contributed by atoms with Crippen LogP contribution in [-0.2, 0) is 32.1 Å². The fourth-order valence-corrected chi connectivity index (χ4v) is 5.12. The van der Waals surface area contributed by atoms with Gasteiger partial charge in [-0.15, -0.1) is 0 Å². The van der Waals surface area contributed by atoms with E-state index in [4.69, 9.17) is 4.74 Å². The van der Waals surface area contributed by atoms with Gasteiger partial charge in [0.05, 0.1) is 13.7 Å². The van der Waals surface area contributed by atoms with Crippen LogP contribution in [0.25, 0.3) is 0 Å². The fourth-order valence-electron chi connectivity index (χ4n) is 5.12. The second-order valence-corrected chi connectivity index (χ2v) is 8.97. The molecule has 0 aliphatic carbocycles. The van der Waals surface area contributed by atoms with Crippen molar-refractivity contribution in [2.24, 2.45) is 5.92 Å². The highest BCUT2D eigenvalue weighted by Crippen LogP contribution is 2.26. The lowest BCUT2D eigenvalue weighted by Crippen LogP contribution is -2.53. The third-order valence-corrected chi connectivity index (χ3v) is 7.01. The van der Waals surface area contributed by atoms with Crippen molar-refractivity contribution in [1.82, 2.24) is 14.7 Å². The third kappa shape index (κ3) is 4.92. The summed E-state index contributed by atoms with van der Waals surface area (Å²) in [5.41, 5.74) is 2.18. The van der Waals surface area contributed by atoms with Crippen LogP contribution in [0.2, 0.25) is 0 Å². The summed E-state index contributed by atoms with van der Waals surface area (Å²) in [6.07, 6.45) is 5.52. The van der Waals surface area contributed by atoms with Gasteiger partial charge in [0.25, 0.3) is 0 Å². The van der Waals surface area contributed by atoms with Gasteiger partial charge in [0.15, 0.2) is 0 Å². The molecule has 1 aromatic rings. The van der Waals surface area contributed by atoms with Gasteiger partial charge in [-0.2, -0.15) is 0 Å². The first kappa shape index (κ1) is 21.8. The van der Waals surface area contributed by atoms with E-state index in [-0.39, 0.29) is 24.3 Å². The molecule has 7 heteroatoms. The lowest BCUT2D eigenvalue weighted by molar-refractivity contribution is -0.154. The highest BCUT2D eigenvalue weighted by Gasteiger charge is 2.36. The van der Waals surface area contributed by atoms with Crippen LogP contribution in [0.3, 0.4) is 0 Å². The molecule has 3 aliphatic rings. The lowest BCUT2D eigenvalue weighted by Gasteiger charge is -2.38. The van der Waals surface area contributed by atoms with Gasteiger partial charge in [-0.3, -0.25) is 14.5 Å². The molecular weight excluding hydrogens is 394 g/mol. The van der Waals surface area contributed by atoms with Gasteiger partial charge in [-0.25, -0.2) is 4.79 Å². The molecule has 3 heterocycles. The molecule has 2 amide bonds. The maximum absolute atomic E-state index is 13.2. The zero-order valence-corrected chi connectivity index (χ0v) is 18.4. The first-order valence-corrected chi connectivity index (χ1v) is 11.5. The molecule has 7 nitrogen and oxygen atoms in total. The average molecular weight is 428 g/mol. The first-order chi connectivity index (χ1) is 15.1. The molecule has 0 N–H and O–H groups in total. The minimum atomic E-state index is -0.578. The summed E-state index contributed by atoms with van der Waals surface area (Å²) in [6, 6.07) is 7.37. The number of amides is 2. The summed E-state index contributed by atoms with van der Waals surface area (Å²) in [7, 11) is 1.37. The molecule has 4 rings (SSSR count). The van der Waals surface area contributed by atoms with Gasteiger partial charge in [0, 0.05) is 32.0 Å². The Morgan fingerprint density at radius 2 is 1.65 bits per heavy atom. The van der Waals surface area contributed by atoms with Crippen LogP contribution in [0, 0.1) is 5.92 Å². The van der Waals surface area contributed by atoms with Crippen LogP contribution in [0.5, 0.6) is 0 Å². The van der Waals surface area contributed by atoms with Crippen molar-refractivity contribution in [1.29, 1.82) is 0 Å². The number of carbonyl (C=O) groups is 3. The van der Waals surface area contributed by atoms with E-state index in [0.717, 1.165) is 63.0 Å². The van der Waals surface area contributed by atoms with E-state index in [0.29, 0.717) is 18.9 Å². The number of piperidine rings is 2. The second kappa shape index (κ2) is 9.81. The van der Waals surface area contributed by atoms with Gasteiger partial charge < -0.3 is 14.5 Å². The standard InChI is InChI=1S/C24H33N3O4/c1-31-24(30)21-15-19-7-3-4-8-20(19)16-27(21)22(28)17-25-13-9-18(10-14-25)23(29)26-11-5-2-6-12-26/h3-4,7-8,18,21H,2,5-6,9-17H2,1H3. The van der Waals surface area contributed by atoms with E-state index in [9.17, 15) is 14.4 Å². The quantitative estimate of drug-likeness (QED) is 0.686. The monoisotopic (exact) mass is 427 g/mol. The second-order valence-electron chi connectivity index (χ2n) is 8.97. The average Bonchev–Trinajstić information content (AvgIpc) is 2.83. The van der Waals surface area contributed by atoms with Crippen LogP contribution in [-0.4, -0.2) is 78.4 Å². The van der Waals surface area contributed by atoms with Gasteiger partial charge in [0.2, 0.25) is 11.8 Å². The van der Waals surface area contributed by atoms with Crippen LogP contribution in [0.4, 0.5) is 0 Å². The summed E-state index contributed by atoms with van der Waals surface area (Å²) in [5.74, 6) is -0.0439. The molecular formula is C24H33N3O4. The van der Waals surface area contributed by atoms with Gasteiger partial charge >= 0.3 is 5.97 Å². The van der Waals surface area contributed by atoms with Gasteiger partial charge in [0.1, 0.15) is 6.04 Å². The van der Waals surface area contributed by atoms with Crippen molar-refractivity contribution in [3.05, 3.63) is 35.4 Å². The molecule has 0 aromatic heterocycles.